The molecule has 23 heavy (non-hydrogen) atoms. The lowest BCUT2D eigenvalue weighted by molar-refractivity contribution is -0.115. The molecule has 0 saturated carbocycles. The zero-order valence-electron chi connectivity index (χ0n) is 12.5. The van der Waals surface area contributed by atoms with Gasteiger partial charge in [-0.25, -0.2) is 0 Å². The summed E-state index contributed by atoms with van der Waals surface area (Å²) >= 11 is 5.11. The molecule has 0 heterocycles. The summed E-state index contributed by atoms with van der Waals surface area (Å²) in [5, 5.41) is 14.7. The normalized spacial score (nSPS) is 10.5. The molecule has 0 aliphatic heterocycles. The minimum Gasteiger partial charge on any atom is -0.396 e. The zero-order valence-corrected chi connectivity index (χ0v) is 13.3. The van der Waals surface area contributed by atoms with Gasteiger partial charge >= 0.3 is 0 Å². The molecular formula is C18H18N2O2S. The SMILES string of the molecule is O=C(C=Cc1ccccc1)NC(=S)Nc1ccc(CCO)cc1. The maximum Gasteiger partial charge on any atom is 0.250 e. The van der Waals surface area contributed by atoms with Crippen LogP contribution < -0.4 is 10.6 Å². The lowest BCUT2D eigenvalue weighted by Gasteiger charge is -2.08. The van der Waals surface area contributed by atoms with Crippen molar-refractivity contribution in [2.24, 2.45) is 0 Å². The molecule has 4 nitrogen and oxygen atoms in total. The fourth-order valence-electron chi connectivity index (χ4n) is 1.94. The van der Waals surface area contributed by atoms with Crippen LogP contribution in [0.5, 0.6) is 0 Å². The van der Waals surface area contributed by atoms with Gasteiger partial charge in [-0.15, -0.1) is 0 Å². The second-order valence-corrected chi connectivity index (χ2v) is 5.27. The number of thiocarbonyl (C=S) groups is 1. The van der Waals surface area contributed by atoms with Crippen LogP contribution in [-0.4, -0.2) is 22.7 Å². The molecule has 0 fully saturated rings. The smallest absolute Gasteiger partial charge is 0.250 e. The van der Waals surface area contributed by atoms with Gasteiger partial charge in [0.05, 0.1) is 0 Å². The summed E-state index contributed by atoms with van der Waals surface area (Å²) in [5.41, 5.74) is 2.77. The first-order chi connectivity index (χ1) is 11.2. The molecule has 1 amide bonds. The molecule has 3 N–H and O–H groups in total. The number of rotatable bonds is 5. The number of aliphatic hydroxyl groups is 1. The van der Waals surface area contributed by atoms with Crippen molar-refractivity contribution in [3.05, 3.63) is 71.8 Å². The molecule has 118 valence electrons. The highest BCUT2D eigenvalue weighted by Crippen LogP contribution is 2.09. The van der Waals surface area contributed by atoms with Crippen LogP contribution in [0, 0.1) is 0 Å². The molecule has 5 heteroatoms. The standard InChI is InChI=1S/C18H18N2O2S/c21-13-12-15-6-9-16(10-7-15)19-18(23)20-17(22)11-8-14-4-2-1-3-5-14/h1-11,21H,12-13H2,(H2,19,20,22,23). The van der Waals surface area contributed by atoms with E-state index in [0.717, 1.165) is 16.8 Å². The van der Waals surface area contributed by atoms with Crippen molar-refractivity contribution in [1.29, 1.82) is 0 Å². The Morgan fingerprint density at radius 3 is 2.43 bits per heavy atom. The van der Waals surface area contributed by atoms with Crippen LogP contribution >= 0.6 is 12.2 Å². The average Bonchev–Trinajstić information content (AvgIpc) is 2.56. The second-order valence-electron chi connectivity index (χ2n) is 4.86. The molecule has 0 saturated heterocycles. The predicted octanol–water partition coefficient (Wildman–Crippen LogP) is 2.75. The number of carbonyl (C=O) groups is 1. The molecule has 0 aliphatic rings. The van der Waals surface area contributed by atoms with Gasteiger partial charge in [0.25, 0.3) is 0 Å². The van der Waals surface area contributed by atoms with E-state index in [9.17, 15) is 4.79 Å². The number of hydrogen-bond donors (Lipinski definition) is 3. The molecular weight excluding hydrogens is 308 g/mol. The van der Waals surface area contributed by atoms with E-state index in [1.165, 1.54) is 6.08 Å². The van der Waals surface area contributed by atoms with Gasteiger partial charge in [-0.2, -0.15) is 0 Å². The number of carbonyl (C=O) groups excluding carboxylic acids is 1. The van der Waals surface area contributed by atoms with Gasteiger partial charge in [0.1, 0.15) is 0 Å². The first kappa shape index (κ1) is 16.9. The van der Waals surface area contributed by atoms with Crippen molar-refractivity contribution in [2.75, 3.05) is 11.9 Å². The minimum atomic E-state index is -0.289. The largest absolute Gasteiger partial charge is 0.396 e. The molecule has 0 spiro atoms. The predicted molar refractivity (Wildman–Crippen MR) is 97.1 cm³/mol. The maximum absolute atomic E-state index is 11.8. The Bertz CT molecular complexity index is 682. The molecule has 0 radical (unpaired) electrons. The van der Waals surface area contributed by atoms with Gasteiger partial charge in [0.15, 0.2) is 5.11 Å². The summed E-state index contributed by atoms with van der Waals surface area (Å²) in [6.45, 7) is 0.120. The molecule has 0 atom stereocenters. The van der Waals surface area contributed by atoms with Gasteiger partial charge in [0.2, 0.25) is 5.91 Å². The zero-order chi connectivity index (χ0) is 16.5. The molecule has 2 aromatic carbocycles. The molecule has 2 aromatic rings. The summed E-state index contributed by atoms with van der Waals surface area (Å²) in [6, 6.07) is 17.1. The highest BCUT2D eigenvalue weighted by Gasteiger charge is 2.02. The van der Waals surface area contributed by atoms with Crippen LogP contribution in [0.15, 0.2) is 60.7 Å². The lowest BCUT2D eigenvalue weighted by Crippen LogP contribution is -2.32. The number of nitrogens with one attached hydrogen (secondary N) is 2. The Balaban J connectivity index is 1.84. The van der Waals surface area contributed by atoms with Crippen LogP contribution in [0.4, 0.5) is 5.69 Å². The molecule has 0 bridgehead atoms. The Kier molecular flexibility index (Phi) is 6.47. The lowest BCUT2D eigenvalue weighted by atomic mass is 10.1. The van der Waals surface area contributed by atoms with Crippen molar-refractivity contribution in [3.8, 4) is 0 Å². The highest BCUT2D eigenvalue weighted by molar-refractivity contribution is 7.80. The van der Waals surface area contributed by atoms with Gasteiger partial charge in [-0.3, -0.25) is 10.1 Å². The number of anilines is 1. The highest BCUT2D eigenvalue weighted by atomic mass is 32.1. The van der Waals surface area contributed by atoms with Crippen molar-refractivity contribution >= 4 is 35.0 Å². The Morgan fingerprint density at radius 2 is 1.78 bits per heavy atom. The van der Waals surface area contributed by atoms with Gasteiger partial charge < -0.3 is 10.4 Å². The van der Waals surface area contributed by atoms with E-state index in [0.29, 0.717) is 6.42 Å². The Labute approximate surface area is 140 Å². The minimum absolute atomic E-state index is 0.120. The number of hydrogen-bond acceptors (Lipinski definition) is 3. The monoisotopic (exact) mass is 326 g/mol. The van der Waals surface area contributed by atoms with Crippen molar-refractivity contribution in [3.63, 3.8) is 0 Å². The van der Waals surface area contributed by atoms with Gasteiger partial charge in [-0.1, -0.05) is 42.5 Å². The topological polar surface area (TPSA) is 61.4 Å². The van der Waals surface area contributed by atoms with Gasteiger partial charge in [0, 0.05) is 18.4 Å². The van der Waals surface area contributed by atoms with Crippen LogP contribution in [0.1, 0.15) is 11.1 Å². The fourth-order valence-corrected chi connectivity index (χ4v) is 2.15. The van der Waals surface area contributed by atoms with E-state index in [-0.39, 0.29) is 17.6 Å². The number of benzene rings is 2. The summed E-state index contributed by atoms with van der Waals surface area (Å²) in [7, 11) is 0. The third-order valence-electron chi connectivity index (χ3n) is 3.08. The average molecular weight is 326 g/mol. The van der Waals surface area contributed by atoms with E-state index in [1.807, 2.05) is 54.6 Å². The van der Waals surface area contributed by atoms with Crippen LogP contribution in [0.25, 0.3) is 6.08 Å². The maximum atomic E-state index is 11.8. The first-order valence-electron chi connectivity index (χ1n) is 7.22. The molecule has 0 unspecified atom stereocenters. The summed E-state index contributed by atoms with van der Waals surface area (Å²) < 4.78 is 0. The summed E-state index contributed by atoms with van der Waals surface area (Å²) in [6.07, 6.45) is 3.78. The summed E-state index contributed by atoms with van der Waals surface area (Å²) in [5.74, 6) is -0.289. The van der Waals surface area contributed by atoms with Crippen LogP contribution in [0.3, 0.4) is 0 Å². The first-order valence-corrected chi connectivity index (χ1v) is 7.63. The third-order valence-corrected chi connectivity index (χ3v) is 3.28. The van der Waals surface area contributed by atoms with E-state index in [2.05, 4.69) is 10.6 Å². The number of amides is 1. The Hall–Kier alpha value is -2.50. The van der Waals surface area contributed by atoms with E-state index < -0.39 is 0 Å². The quantitative estimate of drug-likeness (QED) is 0.584. The number of aliphatic hydroxyl groups excluding tert-OH is 1. The van der Waals surface area contributed by atoms with E-state index in [1.54, 1.807) is 6.08 Å². The Morgan fingerprint density at radius 1 is 1.09 bits per heavy atom. The molecule has 0 aromatic heterocycles. The van der Waals surface area contributed by atoms with E-state index >= 15 is 0 Å². The second kappa shape index (κ2) is 8.82. The van der Waals surface area contributed by atoms with Crippen molar-refractivity contribution < 1.29 is 9.90 Å². The van der Waals surface area contributed by atoms with E-state index in [4.69, 9.17) is 17.3 Å². The van der Waals surface area contributed by atoms with Gasteiger partial charge in [-0.05, 0) is 48.0 Å². The molecule has 2 rings (SSSR count). The van der Waals surface area contributed by atoms with Crippen LogP contribution in [0.2, 0.25) is 0 Å². The summed E-state index contributed by atoms with van der Waals surface area (Å²) in [4.78, 5) is 11.8. The van der Waals surface area contributed by atoms with Crippen molar-refractivity contribution in [1.82, 2.24) is 5.32 Å². The third kappa shape index (κ3) is 6.02. The van der Waals surface area contributed by atoms with Crippen molar-refractivity contribution in [2.45, 2.75) is 6.42 Å². The molecule has 0 aliphatic carbocycles. The van der Waals surface area contributed by atoms with Crippen LogP contribution in [-0.2, 0) is 11.2 Å². The fraction of sp³-hybridized carbons (Fsp3) is 0.111.